The van der Waals surface area contributed by atoms with Gasteiger partial charge in [-0.05, 0) is 35.9 Å². The van der Waals surface area contributed by atoms with E-state index in [0.29, 0.717) is 5.95 Å². The topological polar surface area (TPSA) is 71.2 Å². The quantitative estimate of drug-likeness (QED) is 0.399. The van der Waals surface area contributed by atoms with Gasteiger partial charge in [0.25, 0.3) is 5.95 Å². The highest BCUT2D eigenvalue weighted by molar-refractivity contribution is 9.10. The summed E-state index contributed by atoms with van der Waals surface area (Å²) >= 11 is 3.50. The van der Waals surface area contributed by atoms with E-state index in [2.05, 4.69) is 46.5 Å². The molecule has 0 aliphatic rings. The number of hydrazone groups is 1. The van der Waals surface area contributed by atoms with Crippen molar-refractivity contribution in [3.63, 3.8) is 0 Å². The number of aromatic nitrogens is 4. The Kier molecular flexibility index (Phi) is 4.49. The van der Waals surface area contributed by atoms with E-state index in [-0.39, 0.29) is 0 Å². The second kappa shape index (κ2) is 6.96. The van der Waals surface area contributed by atoms with Crippen LogP contribution in [0.1, 0.15) is 5.56 Å². The van der Waals surface area contributed by atoms with Crippen LogP contribution in [0.4, 0.5) is 11.6 Å². The maximum absolute atomic E-state index is 4.55. The van der Waals surface area contributed by atoms with Gasteiger partial charge in [0.15, 0.2) is 5.65 Å². The Balaban J connectivity index is 1.59. The lowest BCUT2D eigenvalue weighted by Gasteiger charge is -2.11. The van der Waals surface area contributed by atoms with Crippen LogP contribution >= 0.6 is 15.9 Å². The molecule has 2 heterocycles. The summed E-state index contributed by atoms with van der Waals surface area (Å²) in [5.41, 5.74) is 7.55. The zero-order valence-corrected chi connectivity index (χ0v) is 16.8. The molecule has 4 rings (SSSR count). The van der Waals surface area contributed by atoms with Crippen LogP contribution in [0, 0.1) is 0 Å². The highest BCUT2D eigenvalue weighted by atomic mass is 79.9. The number of benzene rings is 2. The predicted molar refractivity (Wildman–Crippen MR) is 113 cm³/mol. The van der Waals surface area contributed by atoms with Gasteiger partial charge >= 0.3 is 0 Å². The van der Waals surface area contributed by atoms with E-state index in [4.69, 9.17) is 0 Å². The highest BCUT2D eigenvalue weighted by Crippen LogP contribution is 2.28. The van der Waals surface area contributed by atoms with E-state index < -0.39 is 0 Å². The minimum atomic E-state index is 0.355. The van der Waals surface area contributed by atoms with Crippen LogP contribution in [0.15, 0.2) is 52.0 Å². The molecule has 2 aromatic carbocycles. The Morgan fingerprint density at radius 1 is 1.11 bits per heavy atom. The largest absolute Gasteiger partial charge is 0.378 e. The average molecular weight is 424 g/mol. The number of fused-ring (bicyclic) bond motifs is 3. The van der Waals surface area contributed by atoms with Crippen LogP contribution in [-0.4, -0.2) is 40.1 Å². The van der Waals surface area contributed by atoms with Gasteiger partial charge in [-0.25, -0.2) is 5.43 Å². The first-order valence-electron chi connectivity index (χ1n) is 8.38. The molecular formula is C19H18BrN7. The molecular weight excluding hydrogens is 406 g/mol. The van der Waals surface area contributed by atoms with Gasteiger partial charge in [0, 0.05) is 36.7 Å². The third-order valence-corrected chi connectivity index (χ3v) is 4.84. The lowest BCUT2D eigenvalue weighted by atomic mass is 10.2. The molecule has 0 bridgehead atoms. The van der Waals surface area contributed by atoms with Crippen LogP contribution < -0.4 is 10.3 Å². The van der Waals surface area contributed by atoms with Crippen LogP contribution in [0.3, 0.4) is 0 Å². The molecule has 1 N–H and O–H groups in total. The molecule has 0 aliphatic heterocycles. The summed E-state index contributed by atoms with van der Waals surface area (Å²) in [7, 11) is 5.99. The smallest absolute Gasteiger partial charge is 0.265 e. The minimum Gasteiger partial charge on any atom is -0.378 e. The van der Waals surface area contributed by atoms with Crippen molar-refractivity contribution < 1.29 is 0 Å². The molecule has 0 radical (unpaired) electrons. The number of rotatable bonds is 4. The van der Waals surface area contributed by atoms with Crippen LogP contribution in [-0.2, 0) is 7.05 Å². The van der Waals surface area contributed by atoms with E-state index in [0.717, 1.165) is 37.8 Å². The molecule has 0 spiro atoms. The molecule has 0 fully saturated rings. The minimum absolute atomic E-state index is 0.355. The summed E-state index contributed by atoms with van der Waals surface area (Å²) in [6, 6.07) is 14.1. The standard InChI is InChI=1S/C19H18BrN7/c1-26(2)14-7-4-12(5-8-14)11-21-24-19-22-18-17(23-25-19)15-10-13(20)6-9-16(15)27(18)3/h4-11H,1-3H3,(H,22,24,25)/b21-11-. The monoisotopic (exact) mass is 423 g/mol. The predicted octanol–water partition coefficient (Wildman–Crippen LogP) is 3.79. The Labute approximate surface area is 164 Å². The summed E-state index contributed by atoms with van der Waals surface area (Å²) < 4.78 is 3.00. The first-order chi connectivity index (χ1) is 13.0. The molecule has 0 saturated carbocycles. The fourth-order valence-corrected chi connectivity index (χ4v) is 3.26. The molecule has 136 valence electrons. The number of nitrogens with zero attached hydrogens (tertiary/aromatic N) is 6. The maximum Gasteiger partial charge on any atom is 0.265 e. The SMILES string of the molecule is CN(C)c1ccc(/C=N\Nc2nnc3c4cc(Br)ccc4n(C)c3n2)cc1. The van der Waals surface area contributed by atoms with Gasteiger partial charge in [0.2, 0.25) is 0 Å². The van der Waals surface area contributed by atoms with E-state index in [9.17, 15) is 0 Å². The van der Waals surface area contributed by atoms with Crippen molar-refractivity contribution in [2.45, 2.75) is 0 Å². The molecule has 27 heavy (non-hydrogen) atoms. The highest BCUT2D eigenvalue weighted by Gasteiger charge is 2.12. The number of anilines is 2. The molecule has 0 atom stereocenters. The normalized spacial score (nSPS) is 11.6. The Bertz CT molecular complexity index is 1150. The van der Waals surface area contributed by atoms with E-state index in [1.807, 2.05) is 68.2 Å². The lowest BCUT2D eigenvalue weighted by Crippen LogP contribution is -2.08. The number of hydrogen-bond acceptors (Lipinski definition) is 6. The molecule has 7 nitrogen and oxygen atoms in total. The lowest BCUT2D eigenvalue weighted by molar-refractivity contribution is 0.949. The Hall–Kier alpha value is -3.00. The van der Waals surface area contributed by atoms with Crippen LogP contribution in [0.2, 0.25) is 0 Å². The van der Waals surface area contributed by atoms with E-state index in [1.165, 1.54) is 0 Å². The fraction of sp³-hybridized carbons (Fsp3) is 0.158. The van der Waals surface area contributed by atoms with Crippen molar-refractivity contribution >= 4 is 55.8 Å². The van der Waals surface area contributed by atoms with Gasteiger partial charge in [-0.15, -0.1) is 10.2 Å². The van der Waals surface area contributed by atoms with Gasteiger partial charge in [0.1, 0.15) is 5.52 Å². The Morgan fingerprint density at radius 3 is 2.63 bits per heavy atom. The first kappa shape index (κ1) is 17.4. The molecule has 0 saturated heterocycles. The van der Waals surface area contributed by atoms with Gasteiger partial charge in [-0.2, -0.15) is 10.1 Å². The van der Waals surface area contributed by atoms with Gasteiger partial charge < -0.3 is 9.47 Å². The number of halogens is 1. The summed E-state index contributed by atoms with van der Waals surface area (Å²) in [6.45, 7) is 0. The molecule has 0 unspecified atom stereocenters. The molecule has 8 heteroatoms. The maximum atomic E-state index is 4.55. The molecule has 0 aliphatic carbocycles. The van der Waals surface area contributed by atoms with Crippen molar-refractivity contribution in [1.29, 1.82) is 0 Å². The molecule has 4 aromatic rings. The first-order valence-corrected chi connectivity index (χ1v) is 9.17. The van der Waals surface area contributed by atoms with E-state index in [1.54, 1.807) is 6.21 Å². The second-order valence-electron chi connectivity index (χ2n) is 6.38. The van der Waals surface area contributed by atoms with Crippen molar-refractivity contribution in [1.82, 2.24) is 19.7 Å². The second-order valence-corrected chi connectivity index (χ2v) is 7.30. The number of nitrogens with one attached hydrogen (secondary N) is 1. The average Bonchev–Trinajstić information content (AvgIpc) is 2.94. The van der Waals surface area contributed by atoms with Crippen LogP contribution in [0.25, 0.3) is 22.1 Å². The van der Waals surface area contributed by atoms with Crippen molar-refractivity contribution in [2.24, 2.45) is 12.1 Å². The fourth-order valence-electron chi connectivity index (χ4n) is 2.90. The Morgan fingerprint density at radius 2 is 1.89 bits per heavy atom. The third kappa shape index (κ3) is 3.35. The summed E-state index contributed by atoms with van der Waals surface area (Å²) in [5, 5.41) is 13.7. The van der Waals surface area contributed by atoms with Crippen molar-refractivity contribution in [3.8, 4) is 0 Å². The van der Waals surface area contributed by atoms with Crippen LogP contribution in [0.5, 0.6) is 0 Å². The number of hydrogen-bond donors (Lipinski definition) is 1. The summed E-state index contributed by atoms with van der Waals surface area (Å²) in [6.07, 6.45) is 1.73. The third-order valence-electron chi connectivity index (χ3n) is 4.35. The molecule has 0 amide bonds. The van der Waals surface area contributed by atoms with E-state index >= 15 is 0 Å². The summed E-state index contributed by atoms with van der Waals surface area (Å²) in [5.74, 6) is 0.355. The number of aryl methyl sites for hydroxylation is 1. The zero-order chi connectivity index (χ0) is 19.0. The van der Waals surface area contributed by atoms with Crippen molar-refractivity contribution in [2.75, 3.05) is 24.4 Å². The van der Waals surface area contributed by atoms with Gasteiger partial charge in [-0.1, -0.05) is 28.1 Å². The van der Waals surface area contributed by atoms with Crippen molar-refractivity contribution in [3.05, 3.63) is 52.5 Å². The summed E-state index contributed by atoms with van der Waals surface area (Å²) in [4.78, 5) is 6.60. The zero-order valence-electron chi connectivity index (χ0n) is 15.2. The van der Waals surface area contributed by atoms with Gasteiger partial charge in [0.05, 0.1) is 11.7 Å². The van der Waals surface area contributed by atoms with Gasteiger partial charge in [-0.3, -0.25) is 0 Å². The molecule has 2 aromatic heterocycles.